The molecule has 2 aromatic carbocycles. The second-order valence-electron chi connectivity index (χ2n) is 7.43. The van der Waals surface area contributed by atoms with Gasteiger partial charge in [-0.05, 0) is 50.5 Å². The molecule has 2 nitrogen and oxygen atoms in total. The number of carbonyl (C=O) groups is 1. The number of alkyl halides is 6. The van der Waals surface area contributed by atoms with Crippen molar-refractivity contribution in [3.8, 4) is 5.75 Å². The summed E-state index contributed by atoms with van der Waals surface area (Å²) >= 11 is 0. The van der Waals surface area contributed by atoms with Gasteiger partial charge in [0.25, 0.3) is 0 Å². The molecule has 0 aromatic heterocycles. The number of carbonyl (C=O) groups excluding carboxylic acids is 1. The minimum atomic E-state index is -5.08. The van der Waals surface area contributed by atoms with E-state index in [0.29, 0.717) is 41.8 Å². The van der Waals surface area contributed by atoms with Gasteiger partial charge in [-0.25, -0.2) is 0 Å². The normalized spacial score (nSPS) is 13.1. The first-order valence-electron chi connectivity index (χ1n) is 10.3. The van der Waals surface area contributed by atoms with Gasteiger partial charge in [-0.15, -0.1) is 0 Å². The summed E-state index contributed by atoms with van der Waals surface area (Å²) in [5.41, 5.74) is -5.72. The van der Waals surface area contributed by atoms with Crippen LogP contribution in [0.15, 0.2) is 42.5 Å². The van der Waals surface area contributed by atoms with E-state index >= 15 is 0 Å². The Balaban J connectivity index is 0.00000544. The Morgan fingerprint density at radius 1 is 0.939 bits per heavy atom. The fourth-order valence-electron chi connectivity index (χ4n) is 3.21. The first-order chi connectivity index (χ1) is 15.0. The molecule has 0 heterocycles. The SMILES string of the molecule is CCCCC(CC)COc1ccc(PC(=O)c2c(C(F)(F)F)cccc2C(F)(F)F)cc1.[LiH]. The first-order valence-corrected chi connectivity index (χ1v) is 11.3. The Kier molecular flexibility index (Phi) is 11.5. The maximum absolute atomic E-state index is 13.3. The summed E-state index contributed by atoms with van der Waals surface area (Å²) in [5, 5.41) is 0.325. The third-order valence-electron chi connectivity index (χ3n) is 5.04. The zero-order valence-electron chi connectivity index (χ0n) is 17.7. The molecule has 0 amide bonds. The number of halogens is 6. The molecule has 33 heavy (non-hydrogen) atoms. The summed E-state index contributed by atoms with van der Waals surface area (Å²) < 4.78 is 85.5. The molecule has 0 radical (unpaired) electrons. The average Bonchev–Trinajstić information content (AvgIpc) is 2.73. The molecule has 10 heteroatoms. The van der Waals surface area contributed by atoms with Gasteiger partial charge in [0.15, 0.2) is 5.52 Å². The van der Waals surface area contributed by atoms with Gasteiger partial charge < -0.3 is 4.74 Å². The average molecular weight is 486 g/mol. The Bertz CT molecular complexity index is 865. The fraction of sp³-hybridized carbons (Fsp3) is 0.435. The fourth-order valence-corrected chi connectivity index (χ4v) is 4.20. The molecule has 2 atom stereocenters. The van der Waals surface area contributed by atoms with Crippen LogP contribution in [0.25, 0.3) is 0 Å². The molecule has 0 spiro atoms. The predicted octanol–water partition coefficient (Wildman–Crippen LogP) is 6.82. The van der Waals surface area contributed by atoms with E-state index in [1.165, 1.54) is 12.1 Å². The molecule has 0 fully saturated rings. The standard InChI is InChI=1S/C23H25F6O2P.Li.H/c1-3-5-7-15(4-2)14-31-16-10-12-17(13-11-16)32-21(30)20-18(22(24,25)26)8-6-9-19(20)23(27,28)29;;/h6,8-13,15,32H,3-5,7,14H2,1-2H3;;. The van der Waals surface area contributed by atoms with Gasteiger partial charge >= 0.3 is 31.2 Å². The van der Waals surface area contributed by atoms with Gasteiger partial charge in [0, 0.05) is 5.56 Å². The van der Waals surface area contributed by atoms with Crippen molar-refractivity contribution in [2.24, 2.45) is 5.92 Å². The van der Waals surface area contributed by atoms with E-state index in [0.717, 1.165) is 25.7 Å². The molecule has 0 aliphatic heterocycles. The van der Waals surface area contributed by atoms with E-state index in [4.69, 9.17) is 4.74 Å². The zero-order valence-corrected chi connectivity index (χ0v) is 18.7. The molecule has 0 aliphatic rings. The molecule has 0 saturated carbocycles. The molecule has 2 aromatic rings. The minimum absolute atomic E-state index is 0. The van der Waals surface area contributed by atoms with Crippen molar-refractivity contribution in [2.45, 2.75) is 51.9 Å². The number of hydrogen-bond acceptors (Lipinski definition) is 2. The van der Waals surface area contributed by atoms with Crippen LogP contribution in [0.3, 0.4) is 0 Å². The van der Waals surface area contributed by atoms with Crippen molar-refractivity contribution in [1.82, 2.24) is 0 Å². The molecular weight excluding hydrogens is 460 g/mol. The van der Waals surface area contributed by atoms with Crippen LogP contribution in [0.5, 0.6) is 5.75 Å². The van der Waals surface area contributed by atoms with Crippen LogP contribution in [-0.2, 0) is 12.4 Å². The summed E-state index contributed by atoms with van der Waals surface area (Å²) in [4.78, 5) is 12.6. The van der Waals surface area contributed by atoms with Crippen molar-refractivity contribution in [3.05, 3.63) is 59.2 Å². The van der Waals surface area contributed by atoms with E-state index < -0.39 is 43.1 Å². The summed E-state index contributed by atoms with van der Waals surface area (Å²) in [5.74, 6) is 0.936. The summed E-state index contributed by atoms with van der Waals surface area (Å²) in [6, 6.07) is 7.76. The molecule has 2 rings (SSSR count). The van der Waals surface area contributed by atoms with Crippen molar-refractivity contribution >= 4 is 38.3 Å². The maximum atomic E-state index is 13.3. The summed E-state index contributed by atoms with van der Waals surface area (Å²) in [6.45, 7) is 4.71. The second kappa shape index (κ2) is 12.8. The molecule has 2 unspecified atom stereocenters. The molecule has 0 bridgehead atoms. The van der Waals surface area contributed by atoms with E-state index in [-0.39, 0.29) is 18.9 Å². The van der Waals surface area contributed by atoms with E-state index in [2.05, 4.69) is 13.8 Å². The van der Waals surface area contributed by atoms with Gasteiger partial charge in [0.05, 0.1) is 17.7 Å². The Morgan fingerprint density at radius 2 is 1.48 bits per heavy atom. The number of unbranched alkanes of at least 4 members (excludes halogenated alkanes) is 1. The number of rotatable bonds is 10. The van der Waals surface area contributed by atoms with Gasteiger partial charge in [0.1, 0.15) is 5.75 Å². The Morgan fingerprint density at radius 3 is 1.94 bits per heavy atom. The predicted molar refractivity (Wildman–Crippen MR) is 121 cm³/mol. The van der Waals surface area contributed by atoms with Crippen LogP contribution in [-0.4, -0.2) is 31.0 Å². The van der Waals surface area contributed by atoms with Gasteiger partial charge in [0.2, 0.25) is 0 Å². The van der Waals surface area contributed by atoms with Crippen LogP contribution < -0.4 is 10.0 Å². The van der Waals surface area contributed by atoms with Gasteiger partial charge in [-0.3, -0.25) is 4.79 Å². The Hall–Kier alpha value is -1.48. The van der Waals surface area contributed by atoms with Crippen LogP contribution in [0.4, 0.5) is 26.3 Å². The van der Waals surface area contributed by atoms with Crippen molar-refractivity contribution in [1.29, 1.82) is 0 Å². The molecular formula is C23H26F6LiO2P. The van der Waals surface area contributed by atoms with Crippen molar-refractivity contribution in [3.63, 3.8) is 0 Å². The number of hydrogen-bond donors (Lipinski definition) is 0. The van der Waals surface area contributed by atoms with E-state index in [1.54, 1.807) is 12.1 Å². The van der Waals surface area contributed by atoms with E-state index in [9.17, 15) is 31.1 Å². The Labute approximate surface area is 203 Å². The van der Waals surface area contributed by atoms with Crippen LogP contribution >= 0.6 is 8.58 Å². The molecule has 0 N–H and O–H groups in total. The number of ether oxygens (including phenoxy) is 1. The van der Waals surface area contributed by atoms with Gasteiger partial charge in [-0.2, -0.15) is 26.3 Å². The molecule has 0 saturated heterocycles. The first kappa shape index (κ1) is 29.5. The van der Waals surface area contributed by atoms with Crippen molar-refractivity contribution in [2.75, 3.05) is 6.61 Å². The third-order valence-corrected chi connectivity index (χ3v) is 6.14. The monoisotopic (exact) mass is 486 g/mol. The number of benzene rings is 2. The zero-order chi connectivity index (χ0) is 23.9. The third kappa shape index (κ3) is 8.67. The van der Waals surface area contributed by atoms with Crippen LogP contribution in [0.2, 0.25) is 0 Å². The topological polar surface area (TPSA) is 26.3 Å². The quantitative estimate of drug-likeness (QED) is 0.209. The molecule has 0 aliphatic carbocycles. The van der Waals surface area contributed by atoms with Gasteiger partial charge in [-0.1, -0.05) is 51.3 Å². The summed E-state index contributed by atoms with van der Waals surface area (Å²) in [6.07, 6.45) is -5.96. The van der Waals surface area contributed by atoms with Crippen molar-refractivity contribution < 1.29 is 35.9 Å². The van der Waals surface area contributed by atoms with Crippen LogP contribution in [0, 0.1) is 5.92 Å². The summed E-state index contributed by atoms with van der Waals surface area (Å²) in [7, 11) is -0.894. The van der Waals surface area contributed by atoms with E-state index in [1.807, 2.05) is 0 Å². The second-order valence-corrected chi connectivity index (χ2v) is 8.71. The van der Waals surface area contributed by atoms with Crippen LogP contribution in [0.1, 0.15) is 61.0 Å². The molecule has 178 valence electrons.